The van der Waals surface area contributed by atoms with Crippen molar-refractivity contribution in [2.75, 3.05) is 0 Å². The van der Waals surface area contributed by atoms with Gasteiger partial charge in [0.2, 0.25) is 0 Å². The average Bonchev–Trinajstić information content (AvgIpc) is 2.86. The molecule has 0 unspecified atom stereocenters. The predicted molar refractivity (Wildman–Crippen MR) is 68.0 cm³/mol. The largest absolute Gasteiger partial charge is 0.360 e. The van der Waals surface area contributed by atoms with Crippen molar-refractivity contribution in [2.45, 2.75) is 0 Å². The number of halogens is 3. The van der Waals surface area contributed by atoms with Gasteiger partial charge >= 0.3 is 0 Å². The number of H-pyrrole nitrogens is 1. The highest BCUT2D eigenvalue weighted by Crippen LogP contribution is 2.25. The topological polar surface area (TPSA) is 32.9 Å². The molecule has 5 heteroatoms. The lowest BCUT2D eigenvalue weighted by Gasteiger charge is -2.02. The fraction of sp³-hybridized carbons (Fsp3) is 0. The minimum Gasteiger partial charge on any atom is -0.360 e. The predicted octanol–water partition coefficient (Wildman–Crippen LogP) is 3.82. The number of nitrogens with one attached hydrogen (secondary N) is 1. The summed E-state index contributed by atoms with van der Waals surface area (Å²) in [6, 6.07) is 7.61. The first kappa shape index (κ1) is 12.5. The number of aromatic amines is 1. The van der Waals surface area contributed by atoms with Crippen LogP contribution < -0.4 is 0 Å². The van der Waals surface area contributed by atoms with Crippen molar-refractivity contribution in [1.82, 2.24) is 4.98 Å². The fourth-order valence-corrected chi connectivity index (χ4v) is 2.14. The van der Waals surface area contributed by atoms with E-state index >= 15 is 0 Å². The Morgan fingerprint density at radius 3 is 2.40 bits per heavy atom. The van der Waals surface area contributed by atoms with Gasteiger partial charge in [0, 0.05) is 17.1 Å². The Morgan fingerprint density at radius 2 is 1.60 bits per heavy atom. The van der Waals surface area contributed by atoms with Gasteiger partial charge < -0.3 is 4.98 Å². The van der Waals surface area contributed by atoms with Gasteiger partial charge in [0.1, 0.15) is 5.82 Å². The molecule has 0 saturated heterocycles. The summed E-state index contributed by atoms with van der Waals surface area (Å²) in [5, 5.41) is 0.0705. The second-order valence-electron chi connectivity index (χ2n) is 4.30. The summed E-state index contributed by atoms with van der Waals surface area (Å²) in [4.78, 5) is 15.0. The molecule has 0 bridgehead atoms. The molecule has 2 aromatic carbocycles. The smallest absolute Gasteiger partial charge is 0.198 e. The minimum absolute atomic E-state index is 0.0254. The molecule has 3 aromatic rings. The van der Waals surface area contributed by atoms with Crippen molar-refractivity contribution < 1.29 is 18.0 Å². The van der Waals surface area contributed by atoms with Crippen molar-refractivity contribution >= 4 is 16.7 Å². The summed E-state index contributed by atoms with van der Waals surface area (Å²) in [7, 11) is 0. The maximum Gasteiger partial charge on any atom is 0.198 e. The van der Waals surface area contributed by atoms with Crippen molar-refractivity contribution in [1.29, 1.82) is 0 Å². The monoisotopic (exact) mass is 275 g/mol. The van der Waals surface area contributed by atoms with Gasteiger partial charge in [-0.3, -0.25) is 4.79 Å². The van der Waals surface area contributed by atoms with Gasteiger partial charge in [-0.1, -0.05) is 12.1 Å². The zero-order chi connectivity index (χ0) is 14.3. The SMILES string of the molecule is O=C(c1cccc(F)c1F)c1c[nH]c2cccc(F)c12. The van der Waals surface area contributed by atoms with E-state index in [0.717, 1.165) is 6.07 Å². The number of carbonyl (C=O) groups is 1. The summed E-state index contributed by atoms with van der Waals surface area (Å²) in [6.45, 7) is 0. The first-order valence-corrected chi connectivity index (χ1v) is 5.84. The van der Waals surface area contributed by atoms with Gasteiger partial charge in [0.25, 0.3) is 0 Å². The second kappa shape index (κ2) is 4.52. The molecule has 1 N–H and O–H groups in total. The zero-order valence-electron chi connectivity index (χ0n) is 10.1. The number of hydrogen-bond donors (Lipinski definition) is 1. The Labute approximate surface area is 111 Å². The molecular weight excluding hydrogens is 267 g/mol. The lowest BCUT2D eigenvalue weighted by Crippen LogP contribution is -2.05. The standard InChI is InChI=1S/C15H8F3NO/c16-10-4-2-6-12-13(10)9(7-19-12)15(20)8-3-1-5-11(17)14(8)18/h1-7,19H. The summed E-state index contributed by atoms with van der Waals surface area (Å²) in [5.41, 5.74) is -0.0260. The molecular formula is C15H8F3NO. The Morgan fingerprint density at radius 1 is 0.900 bits per heavy atom. The van der Waals surface area contributed by atoms with Gasteiger partial charge in [-0.25, -0.2) is 13.2 Å². The van der Waals surface area contributed by atoms with E-state index in [1.54, 1.807) is 6.07 Å². The van der Waals surface area contributed by atoms with Crippen LogP contribution in [-0.2, 0) is 0 Å². The van der Waals surface area contributed by atoms with Crippen LogP contribution in [-0.4, -0.2) is 10.8 Å². The summed E-state index contributed by atoms with van der Waals surface area (Å²) in [6.07, 6.45) is 1.29. The van der Waals surface area contributed by atoms with E-state index in [4.69, 9.17) is 0 Å². The number of aromatic nitrogens is 1. The molecule has 0 amide bonds. The van der Waals surface area contributed by atoms with Crippen LogP contribution in [0.25, 0.3) is 10.9 Å². The molecule has 0 radical (unpaired) electrons. The average molecular weight is 275 g/mol. The maximum absolute atomic E-state index is 13.8. The Hall–Kier alpha value is -2.56. The lowest BCUT2D eigenvalue weighted by molar-refractivity contribution is 0.103. The van der Waals surface area contributed by atoms with Crippen LogP contribution in [0.1, 0.15) is 15.9 Å². The number of rotatable bonds is 2. The van der Waals surface area contributed by atoms with E-state index in [-0.39, 0.29) is 10.9 Å². The molecule has 0 aliphatic heterocycles. The zero-order valence-corrected chi connectivity index (χ0v) is 10.1. The molecule has 2 nitrogen and oxygen atoms in total. The first-order chi connectivity index (χ1) is 9.59. The summed E-state index contributed by atoms with van der Waals surface area (Å²) < 4.78 is 40.6. The molecule has 20 heavy (non-hydrogen) atoms. The highest BCUT2D eigenvalue weighted by molar-refractivity contribution is 6.16. The maximum atomic E-state index is 13.8. The highest BCUT2D eigenvalue weighted by atomic mass is 19.2. The van der Waals surface area contributed by atoms with Crippen molar-refractivity contribution in [2.24, 2.45) is 0 Å². The van der Waals surface area contributed by atoms with Gasteiger partial charge in [-0.2, -0.15) is 0 Å². The fourth-order valence-electron chi connectivity index (χ4n) is 2.14. The van der Waals surface area contributed by atoms with E-state index in [1.165, 1.54) is 30.5 Å². The summed E-state index contributed by atoms with van der Waals surface area (Å²) in [5.74, 6) is -3.71. The van der Waals surface area contributed by atoms with Gasteiger partial charge in [-0.05, 0) is 24.3 Å². The van der Waals surface area contributed by atoms with Crippen LogP contribution in [0, 0.1) is 17.5 Å². The first-order valence-electron chi connectivity index (χ1n) is 5.84. The van der Waals surface area contributed by atoms with Crippen molar-refractivity contribution in [3.05, 3.63) is 71.2 Å². The molecule has 0 spiro atoms. The van der Waals surface area contributed by atoms with Crippen molar-refractivity contribution in [3.63, 3.8) is 0 Å². The molecule has 0 atom stereocenters. The number of fused-ring (bicyclic) bond motifs is 1. The quantitative estimate of drug-likeness (QED) is 0.709. The molecule has 0 aliphatic carbocycles. The molecule has 0 fully saturated rings. The molecule has 0 saturated carbocycles. The minimum atomic E-state index is -1.23. The molecule has 100 valence electrons. The third-order valence-electron chi connectivity index (χ3n) is 3.10. The Balaban J connectivity index is 2.21. The van der Waals surface area contributed by atoms with Crippen LogP contribution in [0.15, 0.2) is 42.6 Å². The van der Waals surface area contributed by atoms with E-state index in [9.17, 15) is 18.0 Å². The highest BCUT2D eigenvalue weighted by Gasteiger charge is 2.21. The lowest BCUT2D eigenvalue weighted by atomic mass is 10.0. The third-order valence-corrected chi connectivity index (χ3v) is 3.10. The van der Waals surface area contributed by atoms with Gasteiger partial charge in [0.15, 0.2) is 17.4 Å². The Kier molecular flexibility index (Phi) is 2.82. The molecule has 0 aliphatic rings. The normalized spacial score (nSPS) is 10.9. The second-order valence-corrected chi connectivity index (χ2v) is 4.30. The van der Waals surface area contributed by atoms with Crippen molar-refractivity contribution in [3.8, 4) is 0 Å². The van der Waals surface area contributed by atoms with Crippen LogP contribution >= 0.6 is 0 Å². The molecule has 3 rings (SSSR count). The van der Waals surface area contributed by atoms with Crippen LogP contribution in [0.3, 0.4) is 0 Å². The number of ketones is 1. The van der Waals surface area contributed by atoms with Crippen LogP contribution in [0.4, 0.5) is 13.2 Å². The Bertz CT molecular complexity index is 823. The molecule has 1 aromatic heterocycles. The number of benzene rings is 2. The third kappa shape index (κ3) is 1.79. The van der Waals surface area contributed by atoms with Gasteiger partial charge in [0.05, 0.1) is 11.1 Å². The van der Waals surface area contributed by atoms with E-state index in [0.29, 0.717) is 5.52 Å². The number of carbonyl (C=O) groups excluding carboxylic acids is 1. The summed E-state index contributed by atoms with van der Waals surface area (Å²) >= 11 is 0. The number of hydrogen-bond acceptors (Lipinski definition) is 1. The molecule has 1 heterocycles. The van der Waals surface area contributed by atoms with E-state index in [1.807, 2.05) is 0 Å². The van der Waals surface area contributed by atoms with E-state index in [2.05, 4.69) is 4.98 Å². The van der Waals surface area contributed by atoms with Crippen LogP contribution in [0.2, 0.25) is 0 Å². The van der Waals surface area contributed by atoms with Gasteiger partial charge in [-0.15, -0.1) is 0 Å². The van der Waals surface area contributed by atoms with E-state index < -0.39 is 28.8 Å². The van der Waals surface area contributed by atoms with Crippen LogP contribution in [0.5, 0.6) is 0 Å².